The first-order chi connectivity index (χ1) is 17.8. The lowest BCUT2D eigenvalue weighted by Crippen LogP contribution is -2.30. The number of nitrogens with one attached hydrogen (secondary N) is 2. The van der Waals surface area contributed by atoms with Crippen molar-refractivity contribution >= 4 is 15.9 Å². The summed E-state index contributed by atoms with van der Waals surface area (Å²) in [7, 11) is -3.63. The highest BCUT2D eigenvalue weighted by Gasteiger charge is 2.23. The molecule has 0 aliphatic heterocycles. The molecule has 196 valence electrons. The molecule has 1 aliphatic carbocycles. The lowest BCUT2D eigenvalue weighted by molar-refractivity contribution is 0.0980. The highest BCUT2D eigenvalue weighted by Crippen LogP contribution is 2.36. The van der Waals surface area contributed by atoms with E-state index in [1.165, 1.54) is 12.0 Å². The number of carbonyl (C=O) groups excluding carboxylic acids is 1. The van der Waals surface area contributed by atoms with Crippen LogP contribution in [0.2, 0.25) is 0 Å². The molecule has 37 heavy (non-hydrogen) atoms. The molecule has 0 unspecified atom stereocenters. The van der Waals surface area contributed by atoms with E-state index in [0.717, 1.165) is 67.2 Å². The Kier molecular flexibility index (Phi) is 9.14. The molecule has 0 radical (unpaired) electrons. The van der Waals surface area contributed by atoms with Crippen LogP contribution in [0.4, 0.5) is 0 Å². The van der Waals surface area contributed by atoms with Crippen LogP contribution in [0.25, 0.3) is 11.1 Å². The fraction of sp³-hybridized carbons (Fsp3) is 0.367. The molecule has 3 aromatic carbocycles. The fourth-order valence-electron chi connectivity index (χ4n) is 5.05. The van der Waals surface area contributed by atoms with Gasteiger partial charge < -0.3 is 10.4 Å². The minimum atomic E-state index is -3.63. The third-order valence-corrected chi connectivity index (χ3v) is 7.58. The van der Waals surface area contributed by atoms with Gasteiger partial charge >= 0.3 is 0 Å². The lowest BCUT2D eigenvalue weighted by Gasteiger charge is -2.24. The largest absolute Gasteiger partial charge is 0.387 e. The second-order valence-corrected chi connectivity index (χ2v) is 11.7. The third kappa shape index (κ3) is 7.74. The fourth-order valence-corrected chi connectivity index (χ4v) is 5.50. The zero-order chi connectivity index (χ0) is 26.3. The Labute approximate surface area is 220 Å². The van der Waals surface area contributed by atoms with Crippen LogP contribution in [0.5, 0.6) is 0 Å². The molecule has 6 nitrogen and oxygen atoms in total. The lowest BCUT2D eigenvalue weighted by atomic mass is 9.81. The Morgan fingerprint density at radius 2 is 1.62 bits per heavy atom. The molecule has 3 N–H and O–H groups in total. The summed E-state index contributed by atoms with van der Waals surface area (Å²) in [6.45, 7) is 1.27. The van der Waals surface area contributed by atoms with Gasteiger partial charge in [-0.05, 0) is 65.6 Å². The maximum absolute atomic E-state index is 12.8. The van der Waals surface area contributed by atoms with Crippen LogP contribution >= 0.6 is 0 Å². The van der Waals surface area contributed by atoms with Crippen molar-refractivity contribution < 1.29 is 18.3 Å². The Bertz CT molecular complexity index is 1280. The number of carbonyl (C=O) groups is 1. The van der Waals surface area contributed by atoms with Gasteiger partial charge in [0.2, 0.25) is 10.0 Å². The van der Waals surface area contributed by atoms with Gasteiger partial charge in [-0.25, -0.2) is 13.1 Å². The average Bonchev–Trinajstić information content (AvgIpc) is 2.91. The number of hydrogen-bond acceptors (Lipinski definition) is 5. The molecule has 1 amide bonds. The van der Waals surface area contributed by atoms with Crippen molar-refractivity contribution in [2.24, 2.45) is 0 Å². The number of sulfonamides is 1. The molecule has 1 fully saturated rings. The van der Waals surface area contributed by atoms with Gasteiger partial charge in [0.1, 0.15) is 0 Å². The Balaban J connectivity index is 1.42. The second kappa shape index (κ2) is 12.5. The monoisotopic (exact) mass is 520 g/mol. The molecule has 3 aromatic rings. The summed E-state index contributed by atoms with van der Waals surface area (Å²) in [6.07, 6.45) is 6.77. The quantitative estimate of drug-likeness (QED) is 0.329. The molecule has 0 heterocycles. The van der Waals surface area contributed by atoms with Crippen molar-refractivity contribution in [1.29, 1.82) is 0 Å². The van der Waals surface area contributed by atoms with Crippen LogP contribution in [-0.2, 0) is 16.4 Å². The molecule has 1 saturated carbocycles. The molecule has 0 saturated heterocycles. The minimum Gasteiger partial charge on any atom is -0.387 e. The average molecular weight is 521 g/mol. The van der Waals surface area contributed by atoms with Crippen LogP contribution in [0.1, 0.15) is 71.2 Å². The summed E-state index contributed by atoms with van der Waals surface area (Å²) in [5.74, 6) is -0.305. The highest BCUT2D eigenvalue weighted by atomic mass is 32.2. The molecule has 1 aliphatic rings. The van der Waals surface area contributed by atoms with E-state index >= 15 is 0 Å². The van der Waals surface area contributed by atoms with Gasteiger partial charge in [-0.1, -0.05) is 86.0 Å². The number of hydrogen-bond donors (Lipinski definition) is 3. The van der Waals surface area contributed by atoms with E-state index in [0.29, 0.717) is 12.1 Å². The Morgan fingerprint density at radius 3 is 2.30 bits per heavy atom. The van der Waals surface area contributed by atoms with Crippen LogP contribution < -0.4 is 10.0 Å². The van der Waals surface area contributed by atoms with E-state index in [1.807, 2.05) is 36.4 Å². The van der Waals surface area contributed by atoms with Gasteiger partial charge in [0.05, 0.1) is 12.4 Å². The van der Waals surface area contributed by atoms with Crippen molar-refractivity contribution in [1.82, 2.24) is 10.0 Å². The first-order valence-electron chi connectivity index (χ1n) is 13.0. The van der Waals surface area contributed by atoms with Crippen LogP contribution in [-0.4, -0.2) is 38.8 Å². The molecular formula is C30H36N2O4S. The van der Waals surface area contributed by atoms with Crippen LogP contribution in [0.15, 0.2) is 72.8 Å². The predicted molar refractivity (Wildman–Crippen MR) is 148 cm³/mol. The zero-order valence-corrected chi connectivity index (χ0v) is 22.1. The second-order valence-electron chi connectivity index (χ2n) is 9.92. The van der Waals surface area contributed by atoms with Crippen molar-refractivity contribution in [3.8, 4) is 11.1 Å². The zero-order valence-electron chi connectivity index (χ0n) is 21.3. The Hall–Kier alpha value is -3.00. The van der Waals surface area contributed by atoms with Gasteiger partial charge in [0.15, 0.2) is 0 Å². The first-order valence-corrected chi connectivity index (χ1v) is 14.9. The van der Waals surface area contributed by atoms with E-state index in [-0.39, 0.29) is 5.92 Å². The summed E-state index contributed by atoms with van der Waals surface area (Å²) in [4.78, 5) is 12.8. The summed E-state index contributed by atoms with van der Waals surface area (Å²) in [6, 6.07) is 23.7. The number of benzene rings is 3. The summed E-state index contributed by atoms with van der Waals surface area (Å²) in [5, 5.41) is 13.6. The van der Waals surface area contributed by atoms with Crippen molar-refractivity contribution in [3.63, 3.8) is 0 Å². The summed E-state index contributed by atoms with van der Waals surface area (Å²) >= 11 is 0. The summed E-state index contributed by atoms with van der Waals surface area (Å²) < 4.78 is 25.5. The molecule has 0 spiro atoms. The van der Waals surface area contributed by atoms with E-state index in [2.05, 4.69) is 40.4 Å². The van der Waals surface area contributed by atoms with E-state index in [4.69, 9.17) is 0 Å². The topological polar surface area (TPSA) is 95.5 Å². The SMILES string of the molecule is CS(=O)(=O)NC(=O)c1ccc(-c2ccc(CCNC[C@H](O)c3ccccc3)cc2)cc1C1CCCCC1. The molecule has 4 rings (SSSR count). The molecule has 1 atom stereocenters. The van der Waals surface area contributed by atoms with E-state index in [9.17, 15) is 18.3 Å². The van der Waals surface area contributed by atoms with Gasteiger partial charge in [-0.15, -0.1) is 0 Å². The van der Waals surface area contributed by atoms with Gasteiger partial charge in [0, 0.05) is 12.1 Å². The van der Waals surface area contributed by atoms with Crippen LogP contribution in [0.3, 0.4) is 0 Å². The van der Waals surface area contributed by atoms with E-state index in [1.54, 1.807) is 6.07 Å². The third-order valence-electron chi connectivity index (χ3n) is 7.02. The van der Waals surface area contributed by atoms with Gasteiger partial charge in [-0.3, -0.25) is 4.79 Å². The minimum absolute atomic E-state index is 0.255. The van der Waals surface area contributed by atoms with Gasteiger partial charge in [-0.2, -0.15) is 0 Å². The standard InChI is InChI=1S/C30H36N2O4S/c1-37(35,36)32-30(34)27-17-16-26(20-28(27)24-8-4-2-5-9-24)23-14-12-22(13-15-23)18-19-31-21-29(33)25-10-6-3-7-11-25/h3,6-7,10-17,20,24,29,31,33H,2,4-5,8-9,18-19,21H2,1H3,(H,32,34)/t29-/m0/s1. The molecule has 7 heteroatoms. The number of aliphatic hydroxyl groups excluding tert-OH is 1. The number of rotatable bonds is 10. The van der Waals surface area contributed by atoms with Crippen molar-refractivity contribution in [2.75, 3.05) is 19.3 Å². The van der Waals surface area contributed by atoms with Crippen molar-refractivity contribution in [3.05, 3.63) is 95.1 Å². The van der Waals surface area contributed by atoms with Crippen LogP contribution in [0, 0.1) is 0 Å². The molecule has 0 bridgehead atoms. The number of aliphatic hydroxyl groups is 1. The van der Waals surface area contributed by atoms with Crippen molar-refractivity contribution in [2.45, 2.75) is 50.5 Å². The number of amides is 1. The summed E-state index contributed by atoms with van der Waals surface area (Å²) in [5.41, 5.74) is 5.56. The highest BCUT2D eigenvalue weighted by molar-refractivity contribution is 7.89. The van der Waals surface area contributed by atoms with Gasteiger partial charge in [0.25, 0.3) is 5.91 Å². The first kappa shape index (κ1) is 27.0. The Morgan fingerprint density at radius 1 is 0.946 bits per heavy atom. The molecular weight excluding hydrogens is 484 g/mol. The molecule has 0 aromatic heterocycles. The smallest absolute Gasteiger partial charge is 0.265 e. The maximum Gasteiger partial charge on any atom is 0.265 e. The maximum atomic E-state index is 12.8. The predicted octanol–water partition coefficient (Wildman–Crippen LogP) is 4.96. The normalized spacial score (nSPS) is 15.3. The van der Waals surface area contributed by atoms with E-state index < -0.39 is 22.0 Å².